The van der Waals surface area contributed by atoms with Crippen molar-refractivity contribution in [3.63, 3.8) is 0 Å². The maximum Gasteiger partial charge on any atom is 0.0704 e. The Morgan fingerprint density at radius 2 is 2.29 bits per heavy atom. The number of pyridine rings is 1. The van der Waals surface area contributed by atoms with Crippen LogP contribution in [0.5, 0.6) is 0 Å². The number of hydrogen-bond donors (Lipinski definition) is 0. The Hall–Kier alpha value is -1.67. The summed E-state index contributed by atoms with van der Waals surface area (Å²) in [6.45, 7) is 4.96. The number of para-hydroxylation sites is 1. The summed E-state index contributed by atoms with van der Waals surface area (Å²) in [4.78, 5) is 6.85. The van der Waals surface area contributed by atoms with Crippen molar-refractivity contribution in [2.24, 2.45) is 11.8 Å². The maximum absolute atomic E-state index is 8.36. The monoisotopic (exact) mass is 279 g/mol. The van der Waals surface area contributed by atoms with E-state index in [1.54, 1.807) is 0 Å². The van der Waals surface area contributed by atoms with Gasteiger partial charge in [0.25, 0.3) is 0 Å². The highest BCUT2D eigenvalue weighted by molar-refractivity contribution is 5.81. The molecule has 1 aromatic carbocycles. The number of nitrogens with zero attached hydrogens (tertiary/aromatic N) is 2. The summed E-state index contributed by atoms with van der Waals surface area (Å²) in [7, 11) is 0. The first-order valence-corrected chi connectivity index (χ1v) is 7.89. The number of hydrogen-bond acceptors (Lipinski definition) is 2. The molecule has 0 radical (unpaired) electrons. The van der Waals surface area contributed by atoms with Gasteiger partial charge < -0.3 is 0 Å². The van der Waals surface area contributed by atoms with E-state index in [0.717, 1.165) is 24.9 Å². The minimum Gasteiger partial charge on any atom is -0.299 e. The van der Waals surface area contributed by atoms with E-state index < -0.39 is 0 Å². The predicted octanol–water partition coefficient (Wildman–Crippen LogP) is 3.67. The molecule has 0 saturated carbocycles. The second-order valence-corrected chi connectivity index (χ2v) is 6.36. The van der Waals surface area contributed by atoms with Gasteiger partial charge in [-0.05, 0) is 55.3 Å². The molecule has 3 aliphatic rings. The van der Waals surface area contributed by atoms with E-state index in [0.29, 0.717) is 17.9 Å². The van der Waals surface area contributed by atoms with Gasteiger partial charge in [-0.1, -0.05) is 24.3 Å². The first-order chi connectivity index (χ1) is 10.8. The first-order valence-electron chi connectivity index (χ1n) is 8.47. The summed E-state index contributed by atoms with van der Waals surface area (Å²) >= 11 is 0. The second-order valence-electron chi connectivity index (χ2n) is 6.36. The largest absolute Gasteiger partial charge is 0.299 e. The van der Waals surface area contributed by atoms with E-state index in [2.05, 4.69) is 46.8 Å². The molecular formula is C19H22N2. The molecule has 4 heterocycles. The molecule has 108 valence electrons. The molecule has 0 N–H and O–H groups in total. The normalized spacial score (nSPS) is 35.6. The van der Waals surface area contributed by atoms with Crippen LogP contribution in [0.3, 0.4) is 0 Å². The Kier molecular flexibility index (Phi) is 2.99. The minimum absolute atomic E-state index is 0.0342. The highest BCUT2D eigenvalue weighted by atomic mass is 15.2. The van der Waals surface area contributed by atoms with E-state index >= 15 is 0 Å². The highest BCUT2D eigenvalue weighted by Crippen LogP contribution is 2.38. The standard InChI is InChI=1S/C19H22N2/c1-2-14-13-21-10-8-15(14)11-17(21)12-16-7-9-20-19-6-4-3-5-18(16)19/h2-7,9,14-15,17H,1,8,10-13H2/t14-,15-,17-/m0/s1/i10D/t10?,14-,15-,17-. The van der Waals surface area contributed by atoms with E-state index in [1.165, 1.54) is 17.4 Å². The zero-order chi connectivity index (χ0) is 15.1. The van der Waals surface area contributed by atoms with Crippen molar-refractivity contribution < 1.29 is 1.37 Å². The van der Waals surface area contributed by atoms with Crippen molar-refractivity contribution in [3.05, 3.63) is 54.7 Å². The molecule has 5 rings (SSSR count). The van der Waals surface area contributed by atoms with Crippen LogP contribution in [0, 0.1) is 11.8 Å². The van der Waals surface area contributed by atoms with Gasteiger partial charge in [0.05, 0.1) is 5.52 Å². The fourth-order valence-corrected chi connectivity index (χ4v) is 4.02. The van der Waals surface area contributed by atoms with Crippen LogP contribution in [-0.2, 0) is 6.42 Å². The third-order valence-electron chi connectivity index (χ3n) is 5.21. The summed E-state index contributed by atoms with van der Waals surface area (Å²) in [6, 6.07) is 11.0. The molecule has 2 unspecified atom stereocenters. The van der Waals surface area contributed by atoms with Gasteiger partial charge in [-0.25, -0.2) is 0 Å². The Labute approximate surface area is 127 Å². The van der Waals surface area contributed by atoms with E-state index in [1.807, 2.05) is 12.3 Å². The molecule has 2 heteroatoms. The van der Waals surface area contributed by atoms with Gasteiger partial charge in [0.15, 0.2) is 0 Å². The van der Waals surface area contributed by atoms with Crippen LogP contribution in [0.15, 0.2) is 49.2 Å². The third-order valence-corrected chi connectivity index (χ3v) is 5.21. The minimum atomic E-state index is -0.0342. The molecule has 0 spiro atoms. The van der Waals surface area contributed by atoms with Gasteiger partial charge in [0.2, 0.25) is 0 Å². The van der Waals surface area contributed by atoms with Crippen LogP contribution in [-0.4, -0.2) is 29.0 Å². The van der Waals surface area contributed by atoms with Crippen LogP contribution < -0.4 is 0 Å². The smallest absolute Gasteiger partial charge is 0.0704 e. The molecule has 3 saturated heterocycles. The van der Waals surface area contributed by atoms with Gasteiger partial charge >= 0.3 is 0 Å². The lowest BCUT2D eigenvalue weighted by molar-refractivity contribution is 0.0196. The van der Waals surface area contributed by atoms with Gasteiger partial charge in [-0.3, -0.25) is 9.88 Å². The predicted molar refractivity (Wildman–Crippen MR) is 87.2 cm³/mol. The van der Waals surface area contributed by atoms with Crippen LogP contribution >= 0.6 is 0 Å². The lowest BCUT2D eigenvalue weighted by Gasteiger charge is -2.49. The second kappa shape index (κ2) is 5.27. The van der Waals surface area contributed by atoms with Gasteiger partial charge in [0.1, 0.15) is 0 Å². The lowest BCUT2D eigenvalue weighted by atomic mass is 9.74. The average Bonchev–Trinajstić information content (AvgIpc) is 2.55. The highest BCUT2D eigenvalue weighted by Gasteiger charge is 2.38. The van der Waals surface area contributed by atoms with E-state index in [4.69, 9.17) is 1.37 Å². The number of aromatic nitrogens is 1. The molecule has 3 aliphatic heterocycles. The zero-order valence-electron chi connectivity index (χ0n) is 13.3. The number of piperidine rings is 3. The fourth-order valence-electron chi connectivity index (χ4n) is 4.02. The topological polar surface area (TPSA) is 16.1 Å². The third kappa shape index (κ3) is 2.28. The van der Waals surface area contributed by atoms with Crippen molar-refractivity contribution in [2.45, 2.75) is 25.3 Å². The summed E-state index contributed by atoms with van der Waals surface area (Å²) in [5.41, 5.74) is 2.44. The van der Waals surface area contributed by atoms with Gasteiger partial charge in [0, 0.05) is 25.5 Å². The molecule has 21 heavy (non-hydrogen) atoms. The van der Waals surface area contributed by atoms with E-state index in [9.17, 15) is 0 Å². The molecule has 1 aromatic heterocycles. The maximum atomic E-state index is 8.36. The Morgan fingerprint density at radius 3 is 3.14 bits per heavy atom. The van der Waals surface area contributed by atoms with Crippen molar-refractivity contribution in [1.29, 1.82) is 0 Å². The Bertz CT molecular complexity index is 693. The summed E-state index contributed by atoms with van der Waals surface area (Å²) in [5.74, 6) is 1.22. The first kappa shape index (κ1) is 11.9. The lowest BCUT2D eigenvalue weighted by Crippen LogP contribution is -2.53. The molecule has 3 fully saturated rings. The fraction of sp³-hybridized carbons (Fsp3) is 0.421. The molecule has 2 aromatic rings. The van der Waals surface area contributed by atoms with Crippen molar-refractivity contribution in [2.75, 3.05) is 13.1 Å². The molecule has 2 nitrogen and oxygen atoms in total. The van der Waals surface area contributed by atoms with Gasteiger partial charge in [-0.2, -0.15) is 0 Å². The summed E-state index contributed by atoms with van der Waals surface area (Å²) in [6.07, 6.45) is 7.24. The van der Waals surface area contributed by atoms with Crippen molar-refractivity contribution >= 4 is 10.9 Å². The van der Waals surface area contributed by atoms with Crippen molar-refractivity contribution in [3.8, 4) is 0 Å². The molecular weight excluding hydrogens is 256 g/mol. The van der Waals surface area contributed by atoms with E-state index in [-0.39, 0.29) is 6.52 Å². The SMILES string of the molecule is [2H]C1C[C@H]2C[C@@H](Cc3ccnc4ccccc34)N1C[C@@H]2C=C. The molecule has 2 bridgehead atoms. The molecule has 0 amide bonds. The molecule has 5 atom stereocenters. The van der Waals surface area contributed by atoms with Crippen LogP contribution in [0.1, 0.15) is 19.8 Å². The van der Waals surface area contributed by atoms with Crippen LogP contribution in [0.4, 0.5) is 0 Å². The quantitative estimate of drug-likeness (QED) is 0.797. The Balaban J connectivity index is 1.62. The summed E-state index contributed by atoms with van der Waals surface area (Å²) in [5, 5.41) is 1.26. The van der Waals surface area contributed by atoms with Crippen LogP contribution in [0.25, 0.3) is 10.9 Å². The van der Waals surface area contributed by atoms with Gasteiger partial charge in [-0.15, -0.1) is 6.58 Å². The Morgan fingerprint density at radius 1 is 1.38 bits per heavy atom. The zero-order valence-corrected chi connectivity index (χ0v) is 12.3. The summed E-state index contributed by atoms with van der Waals surface area (Å²) < 4.78 is 8.36. The van der Waals surface area contributed by atoms with Crippen molar-refractivity contribution in [1.82, 2.24) is 9.88 Å². The molecule has 0 aliphatic carbocycles. The number of fused-ring (bicyclic) bond motifs is 4. The van der Waals surface area contributed by atoms with Crippen LogP contribution in [0.2, 0.25) is 0 Å². The number of rotatable bonds is 3. The average molecular weight is 279 g/mol. The number of benzene rings is 1.